The van der Waals surface area contributed by atoms with Crippen LogP contribution in [0, 0.1) is 23.1 Å². The van der Waals surface area contributed by atoms with Crippen molar-refractivity contribution in [3.63, 3.8) is 0 Å². The number of hydrogen-bond acceptors (Lipinski definition) is 3. The third kappa shape index (κ3) is 3.90. The lowest BCUT2D eigenvalue weighted by Gasteiger charge is -2.34. The fourth-order valence-corrected chi connectivity index (χ4v) is 3.37. The molecule has 1 aromatic carbocycles. The number of hydrogen-bond donors (Lipinski definition) is 1. The smallest absolute Gasteiger partial charge is 0.319 e. The number of amides is 3. The van der Waals surface area contributed by atoms with E-state index < -0.39 is 5.82 Å². The Morgan fingerprint density at radius 3 is 2.40 bits per heavy atom. The van der Waals surface area contributed by atoms with Gasteiger partial charge in [-0.1, -0.05) is 0 Å². The zero-order valence-electron chi connectivity index (χ0n) is 14.0. The second-order valence-electron chi connectivity index (χ2n) is 6.53. The fourth-order valence-electron chi connectivity index (χ4n) is 3.37. The van der Waals surface area contributed by atoms with Crippen LogP contribution in [0.5, 0.6) is 0 Å². The molecule has 1 N–H and O–H groups in total. The largest absolute Gasteiger partial charge is 0.325 e. The first kappa shape index (κ1) is 17.2. The van der Waals surface area contributed by atoms with Gasteiger partial charge in [0.15, 0.2) is 0 Å². The summed E-state index contributed by atoms with van der Waals surface area (Å²) >= 11 is 0. The van der Waals surface area contributed by atoms with Gasteiger partial charge < -0.3 is 15.1 Å². The van der Waals surface area contributed by atoms with E-state index in [9.17, 15) is 14.0 Å². The van der Waals surface area contributed by atoms with Crippen molar-refractivity contribution in [2.45, 2.75) is 25.7 Å². The molecule has 0 bridgehead atoms. The van der Waals surface area contributed by atoms with Crippen molar-refractivity contribution in [1.82, 2.24) is 9.80 Å². The Hall–Kier alpha value is -2.62. The number of piperidine rings is 1. The molecule has 3 amide bonds. The van der Waals surface area contributed by atoms with Crippen LogP contribution in [0.25, 0.3) is 0 Å². The molecule has 0 aromatic heterocycles. The van der Waals surface area contributed by atoms with Crippen molar-refractivity contribution in [2.75, 3.05) is 31.5 Å². The number of carbonyl (C=O) groups is 2. The first-order valence-electron chi connectivity index (χ1n) is 8.63. The molecular formula is C18H21FN4O2. The lowest BCUT2D eigenvalue weighted by Crippen LogP contribution is -2.47. The van der Waals surface area contributed by atoms with Gasteiger partial charge in [0, 0.05) is 32.1 Å². The first-order valence-corrected chi connectivity index (χ1v) is 8.63. The summed E-state index contributed by atoms with van der Waals surface area (Å²) in [5.41, 5.74) is 0.322. The molecule has 1 aromatic rings. The SMILES string of the molecule is N#Cc1ccc(F)c(NC(=O)C2CCN(C(=O)N3CCCC3)CC2)c1. The lowest BCUT2D eigenvalue weighted by atomic mass is 9.96. The van der Waals surface area contributed by atoms with Crippen LogP contribution in [0.2, 0.25) is 0 Å². The van der Waals surface area contributed by atoms with E-state index in [1.165, 1.54) is 18.2 Å². The zero-order chi connectivity index (χ0) is 17.8. The van der Waals surface area contributed by atoms with Crippen molar-refractivity contribution in [1.29, 1.82) is 5.26 Å². The highest BCUT2D eigenvalue weighted by molar-refractivity contribution is 5.93. The Morgan fingerprint density at radius 2 is 1.76 bits per heavy atom. The molecule has 2 heterocycles. The number of halogens is 1. The third-order valence-electron chi connectivity index (χ3n) is 4.87. The van der Waals surface area contributed by atoms with Crippen LogP contribution in [0.1, 0.15) is 31.2 Å². The number of likely N-dealkylation sites (tertiary alicyclic amines) is 2. The summed E-state index contributed by atoms with van der Waals surface area (Å²) in [6.07, 6.45) is 3.23. The number of nitrogens with zero attached hydrogens (tertiary/aromatic N) is 3. The van der Waals surface area contributed by atoms with Crippen molar-refractivity contribution in [3.8, 4) is 6.07 Å². The summed E-state index contributed by atoms with van der Waals surface area (Å²) in [5, 5.41) is 11.5. The quantitative estimate of drug-likeness (QED) is 0.896. The van der Waals surface area contributed by atoms with Crippen LogP contribution in [0.3, 0.4) is 0 Å². The molecule has 2 aliphatic heterocycles. The molecule has 0 spiro atoms. The van der Waals surface area contributed by atoms with Gasteiger partial charge in [0.25, 0.3) is 0 Å². The molecule has 0 aliphatic carbocycles. The van der Waals surface area contributed by atoms with Crippen molar-refractivity contribution < 1.29 is 14.0 Å². The van der Waals surface area contributed by atoms with E-state index in [1.807, 2.05) is 11.0 Å². The highest BCUT2D eigenvalue weighted by Crippen LogP contribution is 2.23. The van der Waals surface area contributed by atoms with Crippen LogP contribution in [0.4, 0.5) is 14.9 Å². The van der Waals surface area contributed by atoms with Crippen LogP contribution < -0.4 is 5.32 Å². The molecule has 0 saturated carbocycles. The van der Waals surface area contributed by atoms with E-state index in [1.54, 1.807) is 4.90 Å². The summed E-state index contributed by atoms with van der Waals surface area (Å²) in [6.45, 7) is 2.70. The van der Waals surface area contributed by atoms with Crippen molar-refractivity contribution in [2.24, 2.45) is 5.92 Å². The number of rotatable bonds is 2. The van der Waals surface area contributed by atoms with Gasteiger partial charge in [0.1, 0.15) is 5.82 Å². The highest BCUT2D eigenvalue weighted by Gasteiger charge is 2.30. The Balaban J connectivity index is 1.55. The molecule has 0 atom stereocenters. The number of anilines is 1. The molecule has 2 fully saturated rings. The van der Waals surface area contributed by atoms with Gasteiger partial charge in [0.05, 0.1) is 17.3 Å². The summed E-state index contributed by atoms with van der Waals surface area (Å²) in [7, 11) is 0. The Kier molecular flexibility index (Phi) is 5.17. The summed E-state index contributed by atoms with van der Waals surface area (Å²) in [6, 6.07) is 5.86. The molecule has 2 saturated heterocycles. The topological polar surface area (TPSA) is 76.4 Å². The molecule has 0 unspecified atom stereocenters. The molecule has 0 radical (unpaired) electrons. The van der Waals surface area contributed by atoms with E-state index in [0.717, 1.165) is 25.9 Å². The maximum Gasteiger partial charge on any atom is 0.319 e. The van der Waals surface area contributed by atoms with E-state index in [0.29, 0.717) is 31.5 Å². The summed E-state index contributed by atoms with van der Waals surface area (Å²) < 4.78 is 13.8. The molecule has 6 nitrogen and oxygen atoms in total. The Bertz CT molecular complexity index is 702. The van der Waals surface area contributed by atoms with Crippen LogP contribution in [-0.4, -0.2) is 47.9 Å². The van der Waals surface area contributed by atoms with Gasteiger partial charge in [-0.15, -0.1) is 0 Å². The fraction of sp³-hybridized carbons (Fsp3) is 0.500. The number of urea groups is 1. The van der Waals surface area contributed by atoms with Crippen molar-refractivity contribution in [3.05, 3.63) is 29.6 Å². The maximum absolute atomic E-state index is 13.8. The summed E-state index contributed by atoms with van der Waals surface area (Å²) in [5.74, 6) is -1.08. The van der Waals surface area contributed by atoms with E-state index in [2.05, 4.69) is 5.32 Å². The van der Waals surface area contributed by atoms with Gasteiger partial charge in [-0.25, -0.2) is 9.18 Å². The van der Waals surface area contributed by atoms with Gasteiger partial charge in [-0.3, -0.25) is 4.79 Å². The van der Waals surface area contributed by atoms with Gasteiger partial charge in [0.2, 0.25) is 5.91 Å². The van der Waals surface area contributed by atoms with Gasteiger partial charge in [-0.05, 0) is 43.9 Å². The number of benzene rings is 1. The first-order chi connectivity index (χ1) is 12.1. The van der Waals surface area contributed by atoms with Gasteiger partial charge >= 0.3 is 6.03 Å². The molecule has 3 rings (SSSR count). The minimum atomic E-state index is -0.561. The second-order valence-corrected chi connectivity index (χ2v) is 6.53. The Morgan fingerprint density at radius 1 is 1.12 bits per heavy atom. The maximum atomic E-state index is 13.8. The van der Waals surface area contributed by atoms with E-state index >= 15 is 0 Å². The molecule has 132 valence electrons. The predicted molar refractivity (Wildman–Crippen MR) is 90.2 cm³/mol. The third-order valence-corrected chi connectivity index (χ3v) is 4.87. The van der Waals surface area contributed by atoms with E-state index in [-0.39, 0.29) is 23.5 Å². The molecule has 25 heavy (non-hydrogen) atoms. The van der Waals surface area contributed by atoms with E-state index in [4.69, 9.17) is 5.26 Å². The van der Waals surface area contributed by atoms with Gasteiger partial charge in [-0.2, -0.15) is 5.26 Å². The second kappa shape index (κ2) is 7.51. The van der Waals surface area contributed by atoms with Crippen LogP contribution >= 0.6 is 0 Å². The minimum absolute atomic E-state index is 0.0274. The Labute approximate surface area is 146 Å². The standard InChI is InChI=1S/C18H21FN4O2/c19-15-4-3-13(12-20)11-16(15)21-17(24)14-5-9-23(10-6-14)18(25)22-7-1-2-8-22/h3-4,11,14H,1-2,5-10H2,(H,21,24). The predicted octanol–water partition coefficient (Wildman–Crippen LogP) is 2.56. The van der Waals surface area contributed by atoms with Crippen LogP contribution in [-0.2, 0) is 4.79 Å². The molecular weight excluding hydrogens is 323 g/mol. The number of carbonyl (C=O) groups excluding carboxylic acids is 2. The summed E-state index contributed by atoms with van der Waals surface area (Å²) in [4.78, 5) is 28.4. The average molecular weight is 344 g/mol. The molecule has 7 heteroatoms. The van der Waals surface area contributed by atoms with Crippen LogP contribution in [0.15, 0.2) is 18.2 Å². The molecule has 2 aliphatic rings. The minimum Gasteiger partial charge on any atom is -0.325 e. The lowest BCUT2D eigenvalue weighted by molar-refractivity contribution is -0.121. The number of nitrogens with one attached hydrogen (secondary N) is 1. The average Bonchev–Trinajstić information content (AvgIpc) is 3.17. The number of nitriles is 1. The zero-order valence-corrected chi connectivity index (χ0v) is 14.0. The van der Waals surface area contributed by atoms with Crippen molar-refractivity contribution >= 4 is 17.6 Å². The highest BCUT2D eigenvalue weighted by atomic mass is 19.1. The normalized spacial score (nSPS) is 18.1. The monoisotopic (exact) mass is 344 g/mol.